The molecule has 0 fully saturated rings. The molecule has 25 heavy (non-hydrogen) atoms. The molecule has 0 spiro atoms. The van der Waals surface area contributed by atoms with E-state index in [0.717, 1.165) is 36.2 Å². The van der Waals surface area contributed by atoms with E-state index in [1.165, 1.54) is 12.1 Å². The minimum absolute atomic E-state index is 0.250. The number of halogens is 1. The lowest BCUT2D eigenvalue weighted by Crippen LogP contribution is -2.23. The number of nitrogens with zero attached hydrogens (tertiary/aromatic N) is 4. The lowest BCUT2D eigenvalue weighted by atomic mass is 10.1. The van der Waals surface area contributed by atoms with E-state index in [4.69, 9.17) is 4.52 Å². The second-order valence-corrected chi connectivity index (χ2v) is 5.93. The fourth-order valence-electron chi connectivity index (χ4n) is 2.69. The topological polar surface area (TPSA) is 70.8 Å². The van der Waals surface area contributed by atoms with Gasteiger partial charge < -0.3 is 4.52 Å². The third kappa shape index (κ3) is 4.30. The number of rotatable bonds is 8. The first-order valence-corrected chi connectivity index (χ1v) is 8.51. The molecule has 1 aromatic carbocycles. The second kappa shape index (κ2) is 8.02. The van der Waals surface area contributed by atoms with Crippen LogP contribution in [0.15, 0.2) is 35.0 Å². The number of hydrogen-bond acceptors (Lipinski definition) is 5. The van der Waals surface area contributed by atoms with Crippen LogP contribution in [0.1, 0.15) is 37.5 Å². The molecule has 132 valence electrons. The Morgan fingerprint density at radius 2 is 1.96 bits per heavy atom. The molecule has 0 bridgehead atoms. The molecular weight excluding hydrogens is 321 g/mol. The van der Waals surface area contributed by atoms with Gasteiger partial charge >= 0.3 is 0 Å². The van der Waals surface area contributed by atoms with E-state index in [9.17, 15) is 4.39 Å². The van der Waals surface area contributed by atoms with Gasteiger partial charge in [-0.2, -0.15) is 10.1 Å². The van der Waals surface area contributed by atoms with Gasteiger partial charge in [0.05, 0.1) is 18.4 Å². The molecule has 3 aromatic rings. The molecule has 1 N–H and O–H groups in total. The molecule has 0 radical (unpaired) electrons. The quantitative estimate of drug-likeness (QED) is 0.677. The molecule has 0 atom stereocenters. The van der Waals surface area contributed by atoms with E-state index >= 15 is 0 Å². The highest BCUT2D eigenvalue weighted by Gasteiger charge is 2.14. The van der Waals surface area contributed by atoms with Crippen LogP contribution in [0, 0.1) is 5.82 Å². The SMILES string of the molecule is CCCc1nc(CN(CC)Cc2cn[nH]c2-c2ccc(F)cc2)no1. The van der Waals surface area contributed by atoms with Crippen molar-refractivity contribution in [3.8, 4) is 11.3 Å². The minimum Gasteiger partial charge on any atom is -0.339 e. The van der Waals surface area contributed by atoms with Crippen LogP contribution >= 0.6 is 0 Å². The summed E-state index contributed by atoms with van der Waals surface area (Å²) in [5.41, 5.74) is 2.86. The predicted octanol–water partition coefficient (Wildman–Crippen LogP) is 3.57. The van der Waals surface area contributed by atoms with Gasteiger partial charge in [-0.25, -0.2) is 4.39 Å². The normalized spacial score (nSPS) is 11.4. The van der Waals surface area contributed by atoms with Crippen LogP contribution in [0.2, 0.25) is 0 Å². The zero-order valence-corrected chi connectivity index (χ0v) is 14.5. The fraction of sp³-hybridized carbons (Fsp3) is 0.389. The number of aromatic amines is 1. The number of aromatic nitrogens is 4. The van der Waals surface area contributed by atoms with Crippen molar-refractivity contribution in [2.75, 3.05) is 6.54 Å². The minimum atomic E-state index is -0.250. The Balaban J connectivity index is 1.71. The third-order valence-electron chi connectivity index (χ3n) is 4.03. The first-order valence-electron chi connectivity index (χ1n) is 8.51. The third-order valence-corrected chi connectivity index (χ3v) is 4.03. The summed E-state index contributed by atoms with van der Waals surface area (Å²) in [7, 11) is 0. The molecule has 3 rings (SSSR count). The van der Waals surface area contributed by atoms with Gasteiger partial charge in [-0.1, -0.05) is 19.0 Å². The standard InChI is InChI=1S/C18H22FN5O/c1-3-5-17-21-16(23-25-17)12-24(4-2)11-14-10-20-22-18(14)13-6-8-15(19)9-7-13/h6-10H,3-5,11-12H2,1-2H3,(H,20,22). The van der Waals surface area contributed by atoms with Crippen LogP contribution < -0.4 is 0 Å². The van der Waals surface area contributed by atoms with Crippen molar-refractivity contribution in [3.63, 3.8) is 0 Å². The molecular formula is C18H22FN5O. The Labute approximate surface area is 146 Å². The largest absolute Gasteiger partial charge is 0.339 e. The zero-order chi connectivity index (χ0) is 17.6. The highest BCUT2D eigenvalue weighted by atomic mass is 19.1. The molecule has 0 aliphatic rings. The van der Waals surface area contributed by atoms with Gasteiger partial charge in [-0.15, -0.1) is 0 Å². The first kappa shape index (κ1) is 17.3. The Kier molecular flexibility index (Phi) is 5.55. The van der Waals surface area contributed by atoms with Crippen molar-refractivity contribution >= 4 is 0 Å². The number of benzene rings is 1. The van der Waals surface area contributed by atoms with E-state index in [1.807, 2.05) is 0 Å². The first-order chi connectivity index (χ1) is 12.2. The molecule has 0 amide bonds. The molecule has 0 aliphatic carbocycles. The molecule has 0 saturated heterocycles. The number of nitrogens with one attached hydrogen (secondary N) is 1. The van der Waals surface area contributed by atoms with Crippen LogP contribution in [-0.2, 0) is 19.5 Å². The van der Waals surface area contributed by atoms with Crippen molar-refractivity contribution in [1.82, 2.24) is 25.2 Å². The molecule has 2 aromatic heterocycles. The molecule has 0 saturated carbocycles. The van der Waals surface area contributed by atoms with Gasteiger partial charge in [0.2, 0.25) is 5.89 Å². The van der Waals surface area contributed by atoms with E-state index in [2.05, 4.69) is 39.1 Å². The number of H-pyrrole nitrogens is 1. The fourth-order valence-corrected chi connectivity index (χ4v) is 2.69. The lowest BCUT2D eigenvalue weighted by Gasteiger charge is -2.18. The average molecular weight is 343 g/mol. The summed E-state index contributed by atoms with van der Waals surface area (Å²) >= 11 is 0. The maximum absolute atomic E-state index is 13.1. The van der Waals surface area contributed by atoms with Gasteiger partial charge in [0, 0.05) is 24.1 Å². The van der Waals surface area contributed by atoms with Crippen LogP contribution in [0.5, 0.6) is 0 Å². The second-order valence-electron chi connectivity index (χ2n) is 5.93. The maximum Gasteiger partial charge on any atom is 0.226 e. The smallest absolute Gasteiger partial charge is 0.226 e. The van der Waals surface area contributed by atoms with Gasteiger partial charge in [0.1, 0.15) is 5.82 Å². The highest BCUT2D eigenvalue weighted by molar-refractivity contribution is 5.62. The summed E-state index contributed by atoms with van der Waals surface area (Å²) in [6.45, 7) is 6.31. The molecule has 0 aliphatic heterocycles. The Morgan fingerprint density at radius 3 is 2.68 bits per heavy atom. The van der Waals surface area contributed by atoms with Gasteiger partial charge in [-0.05, 0) is 37.2 Å². The monoisotopic (exact) mass is 343 g/mol. The van der Waals surface area contributed by atoms with Crippen molar-refractivity contribution in [2.45, 2.75) is 39.8 Å². The Hall–Kier alpha value is -2.54. The molecule has 0 unspecified atom stereocenters. The number of hydrogen-bond donors (Lipinski definition) is 1. The van der Waals surface area contributed by atoms with E-state index < -0.39 is 0 Å². The summed E-state index contributed by atoms with van der Waals surface area (Å²) in [5.74, 6) is 1.13. The van der Waals surface area contributed by atoms with Crippen molar-refractivity contribution in [2.24, 2.45) is 0 Å². The van der Waals surface area contributed by atoms with Crippen molar-refractivity contribution in [1.29, 1.82) is 0 Å². The summed E-state index contributed by atoms with van der Waals surface area (Å²) in [5, 5.41) is 11.2. The molecule has 6 nitrogen and oxygen atoms in total. The summed E-state index contributed by atoms with van der Waals surface area (Å²) < 4.78 is 18.4. The van der Waals surface area contributed by atoms with Crippen molar-refractivity contribution in [3.05, 3.63) is 53.6 Å². The maximum atomic E-state index is 13.1. The predicted molar refractivity (Wildman–Crippen MR) is 92.1 cm³/mol. The van der Waals surface area contributed by atoms with Crippen LogP contribution in [0.3, 0.4) is 0 Å². The van der Waals surface area contributed by atoms with E-state index in [1.54, 1.807) is 18.3 Å². The van der Waals surface area contributed by atoms with Gasteiger partial charge in [0.25, 0.3) is 0 Å². The highest BCUT2D eigenvalue weighted by Crippen LogP contribution is 2.23. The van der Waals surface area contributed by atoms with E-state index in [0.29, 0.717) is 24.8 Å². The van der Waals surface area contributed by atoms with Crippen LogP contribution in [-0.4, -0.2) is 31.8 Å². The van der Waals surface area contributed by atoms with E-state index in [-0.39, 0.29) is 5.82 Å². The Bertz CT molecular complexity index is 796. The summed E-state index contributed by atoms with van der Waals surface area (Å²) in [4.78, 5) is 6.63. The molecule has 2 heterocycles. The average Bonchev–Trinajstić information content (AvgIpc) is 3.25. The zero-order valence-electron chi connectivity index (χ0n) is 14.5. The molecule has 7 heteroatoms. The summed E-state index contributed by atoms with van der Waals surface area (Å²) in [6.07, 6.45) is 3.59. The van der Waals surface area contributed by atoms with Gasteiger partial charge in [-0.3, -0.25) is 10.00 Å². The number of aryl methyl sites for hydroxylation is 1. The Morgan fingerprint density at radius 1 is 1.16 bits per heavy atom. The summed E-state index contributed by atoms with van der Waals surface area (Å²) in [6, 6.07) is 6.40. The van der Waals surface area contributed by atoms with Crippen molar-refractivity contribution < 1.29 is 8.91 Å². The lowest BCUT2D eigenvalue weighted by molar-refractivity contribution is 0.259. The van der Waals surface area contributed by atoms with Crippen LogP contribution in [0.25, 0.3) is 11.3 Å². The van der Waals surface area contributed by atoms with Gasteiger partial charge in [0.15, 0.2) is 5.82 Å². The van der Waals surface area contributed by atoms with Crippen LogP contribution in [0.4, 0.5) is 4.39 Å².